The van der Waals surface area contributed by atoms with Gasteiger partial charge in [0.25, 0.3) is 0 Å². The molecule has 1 heterocycles. The Kier molecular flexibility index (Phi) is 4.59. The lowest BCUT2D eigenvalue weighted by molar-refractivity contribution is 0.284. The zero-order chi connectivity index (χ0) is 18.8. The molecule has 0 saturated heterocycles. The summed E-state index contributed by atoms with van der Waals surface area (Å²) >= 11 is 0. The molecule has 0 atom stereocenters. The largest absolute Gasteiger partial charge is 0.492 e. The fourth-order valence-corrected chi connectivity index (χ4v) is 4.04. The zero-order valence-electron chi connectivity index (χ0n) is 15.8. The molecule has 0 bridgehead atoms. The Bertz CT molecular complexity index is 1050. The van der Waals surface area contributed by atoms with E-state index in [1.165, 1.54) is 32.7 Å². The van der Waals surface area contributed by atoms with E-state index in [-0.39, 0.29) is 0 Å². The van der Waals surface area contributed by atoms with Crippen LogP contribution in [0.1, 0.15) is 11.1 Å². The van der Waals surface area contributed by atoms with Gasteiger partial charge in [-0.2, -0.15) is 0 Å². The molecule has 0 unspecified atom stereocenters. The van der Waals surface area contributed by atoms with E-state index in [9.17, 15) is 0 Å². The Hall–Kier alpha value is -3.04. The van der Waals surface area contributed by atoms with Crippen LogP contribution in [0, 0.1) is 0 Å². The van der Waals surface area contributed by atoms with Gasteiger partial charge in [0.15, 0.2) is 0 Å². The molecular weight excluding hydrogens is 346 g/mol. The van der Waals surface area contributed by atoms with Crippen molar-refractivity contribution >= 4 is 21.5 Å². The molecule has 0 aliphatic carbocycles. The van der Waals surface area contributed by atoms with E-state index in [0.29, 0.717) is 13.2 Å². The molecule has 4 aromatic carbocycles. The number of fused-ring (bicyclic) bond motifs is 6. The van der Waals surface area contributed by atoms with E-state index in [4.69, 9.17) is 9.47 Å². The van der Waals surface area contributed by atoms with Crippen LogP contribution in [0.25, 0.3) is 21.5 Å². The quantitative estimate of drug-likeness (QED) is 0.476. The van der Waals surface area contributed by atoms with Crippen LogP contribution in [-0.4, -0.2) is 26.3 Å². The first-order valence-corrected chi connectivity index (χ1v) is 9.88. The van der Waals surface area contributed by atoms with Gasteiger partial charge >= 0.3 is 0 Å². The molecule has 1 aliphatic heterocycles. The highest BCUT2D eigenvalue weighted by Crippen LogP contribution is 2.36. The second kappa shape index (κ2) is 7.53. The maximum absolute atomic E-state index is 6.19. The summed E-state index contributed by atoms with van der Waals surface area (Å²) in [5.41, 5.74) is 2.44. The lowest BCUT2D eigenvalue weighted by atomic mass is 9.93. The summed E-state index contributed by atoms with van der Waals surface area (Å²) in [5, 5.41) is 8.34. The van der Waals surface area contributed by atoms with Crippen molar-refractivity contribution in [2.75, 3.05) is 26.3 Å². The Labute approximate surface area is 164 Å². The van der Waals surface area contributed by atoms with Gasteiger partial charge in [0.1, 0.15) is 24.7 Å². The van der Waals surface area contributed by atoms with Gasteiger partial charge in [0.05, 0.1) is 0 Å². The fraction of sp³-hybridized carbons (Fsp3) is 0.200. The van der Waals surface area contributed by atoms with Crippen LogP contribution in [0.2, 0.25) is 0 Å². The lowest BCUT2D eigenvalue weighted by Crippen LogP contribution is -2.26. The van der Waals surface area contributed by atoms with Crippen molar-refractivity contribution in [3.63, 3.8) is 0 Å². The number of nitrogens with one attached hydrogen (secondary N) is 1. The van der Waals surface area contributed by atoms with E-state index in [1.807, 2.05) is 0 Å². The molecule has 4 aromatic rings. The summed E-state index contributed by atoms with van der Waals surface area (Å²) in [4.78, 5) is 0. The Morgan fingerprint density at radius 3 is 1.61 bits per heavy atom. The van der Waals surface area contributed by atoms with Crippen molar-refractivity contribution in [3.05, 3.63) is 83.9 Å². The van der Waals surface area contributed by atoms with Crippen molar-refractivity contribution in [2.45, 2.75) is 6.42 Å². The summed E-state index contributed by atoms with van der Waals surface area (Å²) in [6, 6.07) is 25.6. The smallest absolute Gasteiger partial charge is 0.123 e. The SMILES string of the molecule is c1ccc2c3c(ccc2c1)OCCNCCOc1ccc2ccccc2c1C3. The summed E-state index contributed by atoms with van der Waals surface area (Å²) in [6.07, 6.45) is 0.779. The van der Waals surface area contributed by atoms with E-state index < -0.39 is 0 Å². The van der Waals surface area contributed by atoms with Gasteiger partial charge in [-0.05, 0) is 33.7 Å². The van der Waals surface area contributed by atoms with E-state index in [0.717, 1.165) is 31.0 Å². The molecule has 0 fully saturated rings. The van der Waals surface area contributed by atoms with E-state index in [1.54, 1.807) is 0 Å². The van der Waals surface area contributed by atoms with Gasteiger partial charge in [-0.1, -0.05) is 60.7 Å². The second-order valence-corrected chi connectivity index (χ2v) is 7.15. The molecule has 0 saturated carbocycles. The van der Waals surface area contributed by atoms with Crippen LogP contribution < -0.4 is 14.8 Å². The number of rotatable bonds is 0. The summed E-state index contributed by atoms with van der Waals surface area (Å²) in [5.74, 6) is 1.92. The molecule has 0 aromatic heterocycles. The third-order valence-electron chi connectivity index (χ3n) is 5.42. The predicted octanol–water partition coefficient (Wildman–Crippen LogP) is 4.94. The van der Waals surface area contributed by atoms with Crippen molar-refractivity contribution in [1.29, 1.82) is 0 Å². The monoisotopic (exact) mass is 369 g/mol. The maximum atomic E-state index is 6.19. The first-order chi connectivity index (χ1) is 13.9. The van der Waals surface area contributed by atoms with Gasteiger partial charge < -0.3 is 14.8 Å². The minimum Gasteiger partial charge on any atom is -0.492 e. The molecule has 0 amide bonds. The Balaban J connectivity index is 1.74. The van der Waals surface area contributed by atoms with Crippen LogP contribution in [0.15, 0.2) is 72.8 Å². The zero-order valence-corrected chi connectivity index (χ0v) is 15.8. The Morgan fingerprint density at radius 1 is 0.571 bits per heavy atom. The summed E-state index contributed by atoms with van der Waals surface area (Å²) in [7, 11) is 0. The highest BCUT2D eigenvalue weighted by molar-refractivity contribution is 5.91. The number of ether oxygens (including phenoxy) is 2. The van der Waals surface area contributed by atoms with Gasteiger partial charge in [-0.3, -0.25) is 0 Å². The highest BCUT2D eigenvalue weighted by Gasteiger charge is 2.16. The topological polar surface area (TPSA) is 30.5 Å². The number of hydrogen-bond donors (Lipinski definition) is 1. The number of benzene rings is 4. The molecule has 0 radical (unpaired) electrons. The van der Waals surface area contributed by atoms with Crippen molar-refractivity contribution in [1.82, 2.24) is 5.32 Å². The van der Waals surface area contributed by atoms with Gasteiger partial charge in [0.2, 0.25) is 0 Å². The molecule has 1 N–H and O–H groups in total. The molecule has 140 valence electrons. The average Bonchev–Trinajstić information content (AvgIpc) is 2.74. The van der Waals surface area contributed by atoms with Crippen LogP contribution in [0.4, 0.5) is 0 Å². The van der Waals surface area contributed by atoms with Crippen molar-refractivity contribution < 1.29 is 9.47 Å². The number of hydrogen-bond acceptors (Lipinski definition) is 3. The van der Waals surface area contributed by atoms with Crippen LogP contribution >= 0.6 is 0 Å². The van der Waals surface area contributed by atoms with Crippen LogP contribution in [-0.2, 0) is 6.42 Å². The fourth-order valence-electron chi connectivity index (χ4n) is 4.04. The van der Waals surface area contributed by atoms with Gasteiger partial charge in [-0.15, -0.1) is 0 Å². The minimum absolute atomic E-state index is 0.647. The summed E-state index contributed by atoms with van der Waals surface area (Å²) < 4.78 is 12.4. The third-order valence-corrected chi connectivity index (χ3v) is 5.42. The Morgan fingerprint density at radius 2 is 1.07 bits per heavy atom. The minimum atomic E-state index is 0.647. The normalized spacial score (nSPS) is 14.9. The van der Waals surface area contributed by atoms with Crippen molar-refractivity contribution in [3.8, 4) is 11.5 Å². The molecule has 5 rings (SSSR count). The molecular formula is C25H23NO2. The first kappa shape index (κ1) is 17.1. The van der Waals surface area contributed by atoms with Crippen molar-refractivity contribution in [2.24, 2.45) is 0 Å². The van der Waals surface area contributed by atoms with Gasteiger partial charge in [0, 0.05) is 30.6 Å². The van der Waals surface area contributed by atoms with E-state index >= 15 is 0 Å². The standard InChI is InChI=1S/C25H23NO2/c1-3-7-20-18(5-1)9-11-24-22(20)17-23-21-8-4-2-6-19(21)10-12-25(23)28-16-14-26-13-15-27-24/h1-12,26H,13-17H2. The molecule has 1 aliphatic rings. The summed E-state index contributed by atoms with van der Waals surface area (Å²) in [6.45, 7) is 2.90. The first-order valence-electron chi connectivity index (χ1n) is 9.88. The molecule has 3 nitrogen and oxygen atoms in total. The van der Waals surface area contributed by atoms with Gasteiger partial charge in [-0.25, -0.2) is 0 Å². The second-order valence-electron chi connectivity index (χ2n) is 7.15. The highest BCUT2D eigenvalue weighted by atomic mass is 16.5. The average molecular weight is 369 g/mol. The van der Waals surface area contributed by atoms with Crippen LogP contribution in [0.5, 0.6) is 11.5 Å². The van der Waals surface area contributed by atoms with E-state index in [2.05, 4.69) is 78.1 Å². The lowest BCUT2D eigenvalue weighted by Gasteiger charge is -2.20. The third kappa shape index (κ3) is 3.19. The molecule has 0 spiro atoms. The molecule has 28 heavy (non-hydrogen) atoms. The van der Waals surface area contributed by atoms with Crippen LogP contribution in [0.3, 0.4) is 0 Å². The predicted molar refractivity (Wildman–Crippen MR) is 115 cm³/mol. The molecule has 3 heteroatoms. The maximum Gasteiger partial charge on any atom is 0.123 e.